The first-order chi connectivity index (χ1) is 8.42. The van der Waals surface area contributed by atoms with E-state index in [0.29, 0.717) is 9.88 Å². The van der Waals surface area contributed by atoms with Crippen LogP contribution in [0.3, 0.4) is 0 Å². The van der Waals surface area contributed by atoms with Crippen LogP contribution in [0.4, 0.5) is 10.7 Å². The third-order valence-corrected chi connectivity index (χ3v) is 4.38. The summed E-state index contributed by atoms with van der Waals surface area (Å²) in [4.78, 5) is 13.4. The number of aliphatic hydroxyl groups excluding tert-OH is 1. The molecule has 1 heterocycles. The third kappa shape index (κ3) is 3.00. The van der Waals surface area contributed by atoms with E-state index < -0.39 is 6.10 Å². The topological polar surface area (TPSA) is 66.6 Å². The maximum absolute atomic E-state index is 11.1. The van der Waals surface area contributed by atoms with Crippen molar-refractivity contribution in [1.29, 1.82) is 0 Å². The molecule has 1 rings (SSSR count). The van der Waals surface area contributed by atoms with Crippen LogP contribution in [0, 0.1) is 10.1 Å². The molecule has 18 heavy (non-hydrogen) atoms. The quantitative estimate of drug-likeness (QED) is 0.637. The second kappa shape index (κ2) is 6.15. The lowest BCUT2D eigenvalue weighted by Gasteiger charge is -2.27. The van der Waals surface area contributed by atoms with E-state index in [1.165, 1.54) is 17.4 Å². The SMILES string of the molecule is CCC(C)N(CC)c1sc([C@@H](C)O)cc1[N+](=O)[O-]. The number of hydrogen-bond acceptors (Lipinski definition) is 5. The fourth-order valence-corrected chi connectivity index (χ4v) is 3.04. The summed E-state index contributed by atoms with van der Waals surface area (Å²) in [5.41, 5.74) is 0.0954. The van der Waals surface area contributed by atoms with Gasteiger partial charge in [-0.15, -0.1) is 11.3 Å². The van der Waals surface area contributed by atoms with Crippen molar-refractivity contribution in [2.24, 2.45) is 0 Å². The first-order valence-electron chi connectivity index (χ1n) is 6.15. The summed E-state index contributed by atoms with van der Waals surface area (Å²) in [7, 11) is 0. The van der Waals surface area contributed by atoms with Gasteiger partial charge in [0.25, 0.3) is 0 Å². The van der Waals surface area contributed by atoms with Gasteiger partial charge < -0.3 is 10.0 Å². The van der Waals surface area contributed by atoms with Crippen molar-refractivity contribution >= 4 is 22.0 Å². The van der Waals surface area contributed by atoms with E-state index in [2.05, 4.69) is 13.8 Å². The summed E-state index contributed by atoms with van der Waals surface area (Å²) in [6, 6.07) is 1.73. The second-order valence-electron chi connectivity index (χ2n) is 4.32. The van der Waals surface area contributed by atoms with Crippen molar-refractivity contribution in [3.8, 4) is 0 Å². The Morgan fingerprint density at radius 2 is 2.11 bits per heavy atom. The van der Waals surface area contributed by atoms with Crippen LogP contribution in [0.2, 0.25) is 0 Å². The Bertz CT molecular complexity index is 417. The number of thiophene rings is 1. The molecule has 0 amide bonds. The number of nitrogens with zero attached hydrogens (tertiary/aromatic N) is 2. The summed E-state index contributed by atoms with van der Waals surface area (Å²) < 4.78 is 0. The molecule has 1 N–H and O–H groups in total. The summed E-state index contributed by atoms with van der Waals surface area (Å²) in [5, 5.41) is 21.3. The molecule has 0 aliphatic rings. The third-order valence-electron chi connectivity index (χ3n) is 3.05. The lowest BCUT2D eigenvalue weighted by molar-refractivity contribution is -0.383. The highest BCUT2D eigenvalue weighted by Gasteiger charge is 2.26. The van der Waals surface area contributed by atoms with Gasteiger partial charge in [-0.25, -0.2) is 0 Å². The van der Waals surface area contributed by atoms with Crippen LogP contribution >= 0.6 is 11.3 Å². The highest BCUT2D eigenvalue weighted by atomic mass is 32.1. The van der Waals surface area contributed by atoms with E-state index in [-0.39, 0.29) is 16.7 Å². The molecule has 0 fully saturated rings. The van der Waals surface area contributed by atoms with Crippen LogP contribution in [0.5, 0.6) is 0 Å². The minimum Gasteiger partial charge on any atom is -0.388 e. The molecule has 5 nitrogen and oxygen atoms in total. The zero-order chi connectivity index (χ0) is 13.9. The Morgan fingerprint density at radius 3 is 2.50 bits per heavy atom. The van der Waals surface area contributed by atoms with Gasteiger partial charge in [-0.1, -0.05) is 6.92 Å². The van der Waals surface area contributed by atoms with Crippen LogP contribution in [0.25, 0.3) is 0 Å². The molecule has 0 spiro atoms. The van der Waals surface area contributed by atoms with Crippen molar-refractivity contribution in [1.82, 2.24) is 0 Å². The molecule has 0 radical (unpaired) electrons. The van der Waals surface area contributed by atoms with Crippen molar-refractivity contribution in [3.05, 3.63) is 21.1 Å². The van der Waals surface area contributed by atoms with Gasteiger partial charge in [0.15, 0.2) is 5.00 Å². The molecule has 2 atom stereocenters. The molecule has 0 bridgehead atoms. The molecule has 0 saturated carbocycles. The zero-order valence-corrected chi connectivity index (χ0v) is 12.0. The number of anilines is 1. The monoisotopic (exact) mass is 272 g/mol. The number of hydrogen-bond donors (Lipinski definition) is 1. The minimum atomic E-state index is -0.668. The Hall–Kier alpha value is -1.14. The summed E-state index contributed by atoms with van der Waals surface area (Å²) >= 11 is 1.31. The molecule has 6 heteroatoms. The molecule has 1 aromatic rings. The van der Waals surface area contributed by atoms with E-state index in [1.54, 1.807) is 6.92 Å². The van der Waals surface area contributed by atoms with Crippen LogP contribution in [0.1, 0.15) is 45.1 Å². The standard InChI is InChI=1S/C12H20N2O3S/c1-5-8(3)13(6-2)12-10(14(16)17)7-11(18-12)9(4)15/h7-9,15H,5-6H2,1-4H3/t8?,9-/m1/s1. The molecule has 0 aromatic carbocycles. The van der Waals surface area contributed by atoms with E-state index in [1.807, 2.05) is 11.8 Å². The van der Waals surface area contributed by atoms with Crippen molar-refractivity contribution in [2.45, 2.75) is 46.3 Å². The van der Waals surface area contributed by atoms with Crippen LogP contribution in [0.15, 0.2) is 6.07 Å². The molecular weight excluding hydrogens is 252 g/mol. The number of nitro groups is 1. The molecule has 1 aromatic heterocycles. The number of rotatable bonds is 6. The zero-order valence-electron chi connectivity index (χ0n) is 11.2. The first-order valence-corrected chi connectivity index (χ1v) is 6.96. The van der Waals surface area contributed by atoms with Crippen LogP contribution < -0.4 is 4.90 Å². The molecular formula is C12H20N2O3S. The Morgan fingerprint density at radius 1 is 1.50 bits per heavy atom. The summed E-state index contributed by atoms with van der Waals surface area (Å²) in [6.07, 6.45) is 0.255. The van der Waals surface area contributed by atoms with Gasteiger partial charge in [-0.05, 0) is 27.2 Å². The van der Waals surface area contributed by atoms with Gasteiger partial charge in [-0.3, -0.25) is 10.1 Å². The second-order valence-corrected chi connectivity index (χ2v) is 5.38. The number of aliphatic hydroxyl groups is 1. The lowest BCUT2D eigenvalue weighted by atomic mass is 10.2. The van der Waals surface area contributed by atoms with Crippen LogP contribution in [-0.4, -0.2) is 22.6 Å². The van der Waals surface area contributed by atoms with Gasteiger partial charge in [-0.2, -0.15) is 0 Å². The Labute approximate surface area is 111 Å². The first kappa shape index (κ1) is 14.9. The van der Waals surface area contributed by atoms with Crippen LogP contribution in [-0.2, 0) is 0 Å². The average molecular weight is 272 g/mol. The van der Waals surface area contributed by atoms with Gasteiger partial charge in [0.1, 0.15) is 0 Å². The highest BCUT2D eigenvalue weighted by Crippen LogP contribution is 2.41. The van der Waals surface area contributed by atoms with Gasteiger partial charge in [0, 0.05) is 23.5 Å². The van der Waals surface area contributed by atoms with Crippen molar-refractivity contribution < 1.29 is 10.0 Å². The molecule has 0 aliphatic carbocycles. The molecule has 102 valence electrons. The van der Waals surface area contributed by atoms with Gasteiger partial charge in [0.2, 0.25) is 0 Å². The lowest BCUT2D eigenvalue weighted by Crippen LogP contribution is -2.31. The maximum atomic E-state index is 11.1. The Kier molecular flexibility index (Phi) is 5.10. The predicted molar refractivity (Wildman–Crippen MR) is 74.4 cm³/mol. The fraction of sp³-hybridized carbons (Fsp3) is 0.667. The highest BCUT2D eigenvalue weighted by molar-refractivity contribution is 7.16. The predicted octanol–water partition coefficient (Wildman–Crippen LogP) is 3.33. The largest absolute Gasteiger partial charge is 0.388 e. The van der Waals surface area contributed by atoms with E-state index in [4.69, 9.17) is 0 Å². The summed E-state index contributed by atoms with van der Waals surface area (Å²) in [6.45, 7) is 8.43. The van der Waals surface area contributed by atoms with Gasteiger partial charge >= 0.3 is 5.69 Å². The summed E-state index contributed by atoms with van der Waals surface area (Å²) in [5.74, 6) is 0. The molecule has 0 aliphatic heterocycles. The van der Waals surface area contributed by atoms with E-state index in [9.17, 15) is 15.2 Å². The Balaban J connectivity index is 3.23. The maximum Gasteiger partial charge on any atom is 0.304 e. The van der Waals surface area contributed by atoms with E-state index in [0.717, 1.165) is 13.0 Å². The average Bonchev–Trinajstić information content (AvgIpc) is 2.74. The molecule has 1 unspecified atom stereocenters. The van der Waals surface area contributed by atoms with Crippen molar-refractivity contribution in [3.63, 3.8) is 0 Å². The smallest absolute Gasteiger partial charge is 0.304 e. The fourth-order valence-electron chi connectivity index (χ4n) is 1.81. The van der Waals surface area contributed by atoms with E-state index >= 15 is 0 Å². The molecule has 0 saturated heterocycles. The van der Waals surface area contributed by atoms with Gasteiger partial charge in [0.05, 0.1) is 11.0 Å². The van der Waals surface area contributed by atoms with Crippen molar-refractivity contribution in [2.75, 3.05) is 11.4 Å². The minimum absolute atomic E-state index is 0.0954. The normalized spacial score (nSPS) is 14.3.